The zero-order chi connectivity index (χ0) is 19.9. The molecule has 148 valence electrons. The first-order valence-electron chi connectivity index (χ1n) is 8.83. The lowest BCUT2D eigenvalue weighted by atomic mass is 10.3. The summed E-state index contributed by atoms with van der Waals surface area (Å²) in [6, 6.07) is 12.0. The average Bonchev–Trinajstić information content (AvgIpc) is 3.11. The van der Waals surface area contributed by atoms with Crippen LogP contribution < -0.4 is 16.2 Å². The molecule has 10 heteroatoms. The second-order valence-corrected chi connectivity index (χ2v) is 7.59. The fraction of sp³-hybridized carbons (Fsp3) is 0.278. The Morgan fingerprint density at radius 1 is 1.14 bits per heavy atom. The topological polar surface area (TPSA) is 121 Å². The number of nitrogens with one attached hydrogen (secondary N) is 3. The standard InChI is InChI=1S/C18H22N6O3S/c1-19-21-18(26)20-10-4-5-11-28(27)13-8-9-16(17(25)12-13)24-22-14-6-2-3-7-15(14)23-24/h2-3,6-9,12,19,25H,4-5,10-11H2,1H3,(H2,20,21,26). The van der Waals surface area contributed by atoms with Crippen molar-refractivity contribution in [3.63, 3.8) is 0 Å². The summed E-state index contributed by atoms with van der Waals surface area (Å²) in [5.74, 6) is 0.412. The number of amides is 2. The van der Waals surface area contributed by atoms with E-state index in [1.165, 1.54) is 10.9 Å². The minimum Gasteiger partial charge on any atom is -0.506 e. The third kappa shape index (κ3) is 4.84. The van der Waals surface area contributed by atoms with Gasteiger partial charge in [-0.1, -0.05) is 12.1 Å². The van der Waals surface area contributed by atoms with Gasteiger partial charge >= 0.3 is 6.03 Å². The molecule has 2 amide bonds. The molecular formula is C18H22N6O3S. The highest BCUT2D eigenvalue weighted by molar-refractivity contribution is 7.85. The number of hydrazine groups is 1. The molecule has 0 aliphatic heterocycles. The number of hydrogen-bond acceptors (Lipinski definition) is 6. The van der Waals surface area contributed by atoms with Gasteiger partial charge in [-0.05, 0) is 43.2 Å². The van der Waals surface area contributed by atoms with Gasteiger partial charge in [0.05, 0.1) is 10.8 Å². The van der Waals surface area contributed by atoms with Gasteiger partial charge in [-0.2, -0.15) is 0 Å². The van der Waals surface area contributed by atoms with E-state index in [2.05, 4.69) is 26.4 Å². The second-order valence-electron chi connectivity index (χ2n) is 6.02. The predicted octanol–water partition coefficient (Wildman–Crippen LogP) is 1.45. The van der Waals surface area contributed by atoms with E-state index in [4.69, 9.17) is 0 Å². The van der Waals surface area contributed by atoms with Crippen molar-refractivity contribution in [2.45, 2.75) is 17.7 Å². The van der Waals surface area contributed by atoms with Crippen molar-refractivity contribution >= 4 is 27.9 Å². The minimum absolute atomic E-state index is 0.0310. The summed E-state index contributed by atoms with van der Waals surface area (Å²) in [4.78, 5) is 13.1. The number of fused-ring (bicyclic) bond motifs is 1. The Balaban J connectivity index is 1.57. The number of hydrogen-bond donors (Lipinski definition) is 4. The van der Waals surface area contributed by atoms with Crippen molar-refractivity contribution in [2.75, 3.05) is 19.3 Å². The SMILES string of the molecule is CNNC(=O)NCCCCS(=O)c1ccc(-n2nc3ccccc3n2)c(O)c1. The molecule has 1 atom stereocenters. The van der Waals surface area contributed by atoms with Gasteiger partial charge in [0, 0.05) is 24.2 Å². The summed E-state index contributed by atoms with van der Waals surface area (Å²) in [5, 5.41) is 21.7. The van der Waals surface area contributed by atoms with Crippen molar-refractivity contribution in [3.8, 4) is 11.4 Å². The minimum atomic E-state index is -1.24. The van der Waals surface area contributed by atoms with Crippen LogP contribution in [-0.2, 0) is 10.8 Å². The van der Waals surface area contributed by atoms with Crippen LogP contribution in [0.15, 0.2) is 47.4 Å². The van der Waals surface area contributed by atoms with E-state index in [1.54, 1.807) is 19.2 Å². The molecule has 0 bridgehead atoms. The van der Waals surface area contributed by atoms with Gasteiger partial charge in [0.15, 0.2) is 0 Å². The Morgan fingerprint density at radius 3 is 2.50 bits per heavy atom. The molecule has 28 heavy (non-hydrogen) atoms. The van der Waals surface area contributed by atoms with Gasteiger partial charge in [-0.3, -0.25) is 9.63 Å². The number of carbonyl (C=O) groups is 1. The van der Waals surface area contributed by atoms with Crippen LogP contribution in [0.25, 0.3) is 16.7 Å². The van der Waals surface area contributed by atoms with Gasteiger partial charge in [0.1, 0.15) is 22.5 Å². The van der Waals surface area contributed by atoms with E-state index < -0.39 is 10.8 Å². The van der Waals surface area contributed by atoms with Gasteiger partial charge in [-0.25, -0.2) is 10.2 Å². The molecule has 0 aliphatic carbocycles. The Bertz CT molecular complexity index is 957. The van der Waals surface area contributed by atoms with Crippen LogP contribution in [0.3, 0.4) is 0 Å². The predicted molar refractivity (Wildman–Crippen MR) is 107 cm³/mol. The van der Waals surface area contributed by atoms with Crippen molar-refractivity contribution in [1.29, 1.82) is 0 Å². The molecule has 3 rings (SSSR count). The first kappa shape index (κ1) is 19.8. The first-order valence-corrected chi connectivity index (χ1v) is 10.1. The van der Waals surface area contributed by atoms with E-state index in [0.29, 0.717) is 35.7 Å². The lowest BCUT2D eigenvalue weighted by Crippen LogP contribution is -2.42. The third-order valence-electron chi connectivity index (χ3n) is 3.99. The summed E-state index contributed by atoms with van der Waals surface area (Å²) in [7, 11) is 0.364. The Morgan fingerprint density at radius 2 is 1.86 bits per heavy atom. The van der Waals surface area contributed by atoms with Gasteiger partial charge in [0.25, 0.3) is 0 Å². The highest BCUT2D eigenvalue weighted by atomic mass is 32.2. The van der Waals surface area contributed by atoms with Crippen LogP contribution in [0.4, 0.5) is 4.79 Å². The number of phenols is 1. The quantitative estimate of drug-likeness (QED) is 0.334. The molecule has 0 aliphatic rings. The van der Waals surface area contributed by atoms with Crippen LogP contribution >= 0.6 is 0 Å². The van der Waals surface area contributed by atoms with Crippen LogP contribution in [-0.4, -0.2) is 49.7 Å². The summed E-state index contributed by atoms with van der Waals surface area (Å²) >= 11 is 0. The highest BCUT2D eigenvalue weighted by Gasteiger charge is 2.12. The molecule has 3 aromatic rings. The fourth-order valence-corrected chi connectivity index (χ4v) is 3.78. The Kier molecular flexibility index (Phi) is 6.56. The normalized spacial score (nSPS) is 12.0. The molecule has 1 heterocycles. The molecule has 1 unspecified atom stereocenters. The van der Waals surface area contributed by atoms with E-state index in [1.807, 2.05) is 24.3 Å². The van der Waals surface area contributed by atoms with Crippen LogP contribution in [0, 0.1) is 0 Å². The molecule has 0 saturated heterocycles. The summed E-state index contributed by atoms with van der Waals surface area (Å²) in [6.45, 7) is 0.493. The number of carbonyl (C=O) groups excluding carboxylic acids is 1. The maximum Gasteiger partial charge on any atom is 0.329 e. The van der Waals surface area contributed by atoms with Crippen molar-refractivity contribution in [1.82, 2.24) is 31.2 Å². The monoisotopic (exact) mass is 402 g/mol. The van der Waals surface area contributed by atoms with Crippen LogP contribution in [0.2, 0.25) is 0 Å². The Hall–Kier alpha value is -2.98. The number of nitrogens with zero attached hydrogens (tertiary/aromatic N) is 3. The summed E-state index contributed by atoms with van der Waals surface area (Å²) < 4.78 is 12.4. The van der Waals surface area contributed by atoms with Crippen molar-refractivity contribution in [3.05, 3.63) is 42.5 Å². The molecule has 0 spiro atoms. The lowest BCUT2D eigenvalue weighted by molar-refractivity contribution is 0.237. The maximum atomic E-state index is 12.4. The average molecular weight is 402 g/mol. The van der Waals surface area contributed by atoms with Crippen LogP contribution in [0.5, 0.6) is 5.75 Å². The molecular weight excluding hydrogens is 380 g/mol. The third-order valence-corrected chi connectivity index (χ3v) is 5.43. The maximum absolute atomic E-state index is 12.4. The summed E-state index contributed by atoms with van der Waals surface area (Å²) in [5.41, 5.74) is 6.82. The molecule has 0 fully saturated rings. The number of unbranched alkanes of at least 4 members (excludes halogenated alkanes) is 1. The fourth-order valence-electron chi connectivity index (χ4n) is 2.62. The Labute approximate surface area is 164 Å². The van der Waals surface area contributed by atoms with Crippen molar-refractivity contribution in [2.24, 2.45) is 0 Å². The first-order chi connectivity index (χ1) is 13.6. The molecule has 4 N–H and O–H groups in total. The molecule has 0 saturated carbocycles. The van der Waals surface area contributed by atoms with Gasteiger partial charge in [-0.15, -0.1) is 15.0 Å². The molecule has 0 radical (unpaired) electrons. The lowest BCUT2D eigenvalue weighted by Gasteiger charge is -2.08. The van der Waals surface area contributed by atoms with Gasteiger partial charge in [0.2, 0.25) is 0 Å². The van der Waals surface area contributed by atoms with Crippen LogP contribution in [0.1, 0.15) is 12.8 Å². The molecule has 2 aromatic carbocycles. The number of phenolic OH excluding ortho intramolecular Hbond substituents is 1. The number of benzene rings is 2. The zero-order valence-electron chi connectivity index (χ0n) is 15.4. The number of urea groups is 1. The second kappa shape index (κ2) is 9.29. The summed E-state index contributed by atoms with van der Waals surface area (Å²) in [6.07, 6.45) is 1.39. The zero-order valence-corrected chi connectivity index (χ0v) is 16.2. The van der Waals surface area contributed by atoms with E-state index >= 15 is 0 Å². The molecule has 1 aromatic heterocycles. The highest BCUT2D eigenvalue weighted by Crippen LogP contribution is 2.25. The number of aromatic nitrogens is 3. The molecule has 9 nitrogen and oxygen atoms in total. The number of aromatic hydroxyl groups is 1. The van der Waals surface area contributed by atoms with Gasteiger partial charge < -0.3 is 10.4 Å². The largest absolute Gasteiger partial charge is 0.506 e. The number of rotatable bonds is 8. The van der Waals surface area contributed by atoms with Crippen molar-refractivity contribution < 1.29 is 14.1 Å². The van der Waals surface area contributed by atoms with E-state index in [-0.39, 0.29) is 11.8 Å². The van der Waals surface area contributed by atoms with E-state index in [0.717, 1.165) is 11.0 Å². The smallest absolute Gasteiger partial charge is 0.329 e. The van der Waals surface area contributed by atoms with E-state index in [9.17, 15) is 14.1 Å².